The van der Waals surface area contributed by atoms with E-state index in [1.54, 1.807) is 0 Å². The molecule has 16 heavy (non-hydrogen) atoms. The van der Waals surface area contributed by atoms with Gasteiger partial charge in [0, 0.05) is 11.1 Å². The minimum absolute atomic E-state index is 0.175. The summed E-state index contributed by atoms with van der Waals surface area (Å²) in [5.74, 6) is 2.00. The van der Waals surface area contributed by atoms with Crippen molar-refractivity contribution >= 4 is 11.6 Å². The van der Waals surface area contributed by atoms with E-state index in [1.807, 2.05) is 0 Å². The van der Waals surface area contributed by atoms with Gasteiger partial charge in [0.2, 0.25) is 5.78 Å². The van der Waals surface area contributed by atoms with E-state index in [0.717, 1.165) is 0 Å². The van der Waals surface area contributed by atoms with Crippen LogP contribution < -0.4 is 5.32 Å². The van der Waals surface area contributed by atoms with Crippen LogP contribution in [0, 0.1) is 22.5 Å². The highest BCUT2D eigenvalue weighted by Crippen LogP contribution is 2.11. The lowest BCUT2D eigenvalue weighted by atomic mass is 10.1. The van der Waals surface area contributed by atoms with E-state index < -0.39 is 17.3 Å². The molecule has 1 aromatic heterocycles. The summed E-state index contributed by atoms with van der Waals surface area (Å²) in [5, 5.41) is 12.9. The molecule has 1 rings (SSSR count). The molecule has 0 unspecified atom stereocenters. The van der Waals surface area contributed by atoms with Crippen LogP contribution in [0.5, 0.6) is 0 Å². The van der Waals surface area contributed by atoms with Gasteiger partial charge in [0.15, 0.2) is 0 Å². The minimum Gasteiger partial charge on any atom is -0.359 e. The summed E-state index contributed by atoms with van der Waals surface area (Å²) in [6, 6.07) is 3.01. The van der Waals surface area contributed by atoms with Crippen LogP contribution in [0.4, 0.5) is 5.82 Å². The Kier molecular flexibility index (Phi) is 3.98. The summed E-state index contributed by atoms with van der Waals surface area (Å²) in [7, 11) is 0. The van der Waals surface area contributed by atoms with Crippen LogP contribution >= 0.6 is 0 Å². The van der Waals surface area contributed by atoms with Crippen LogP contribution in [0.2, 0.25) is 0 Å². The highest BCUT2D eigenvalue weighted by atomic mass is 16.6. The number of nitrogens with one attached hydrogen (secondary N) is 1. The second-order valence-electron chi connectivity index (χ2n) is 2.87. The van der Waals surface area contributed by atoms with E-state index in [9.17, 15) is 14.9 Å². The van der Waals surface area contributed by atoms with Crippen molar-refractivity contribution < 1.29 is 9.72 Å². The van der Waals surface area contributed by atoms with Gasteiger partial charge in [0.1, 0.15) is 5.82 Å². The van der Waals surface area contributed by atoms with Crippen molar-refractivity contribution in [2.24, 2.45) is 0 Å². The van der Waals surface area contributed by atoms with E-state index in [4.69, 9.17) is 6.42 Å². The van der Waals surface area contributed by atoms with Crippen molar-refractivity contribution in [3.63, 3.8) is 0 Å². The Balaban J connectivity index is 2.90. The van der Waals surface area contributed by atoms with Crippen molar-refractivity contribution in [1.82, 2.24) is 4.98 Å². The Morgan fingerprint density at radius 2 is 2.44 bits per heavy atom. The highest BCUT2D eigenvalue weighted by molar-refractivity contribution is 6.01. The molecule has 1 aromatic rings. The molecule has 0 bridgehead atoms. The van der Waals surface area contributed by atoms with Gasteiger partial charge in [-0.1, -0.05) is 5.92 Å². The molecule has 0 spiro atoms. The minimum atomic E-state index is -0.754. The molecule has 0 fully saturated rings. The molecular formula is C10H9N3O3. The first-order chi connectivity index (χ1) is 7.65. The fourth-order valence-corrected chi connectivity index (χ4v) is 1.11. The number of ketones is 1. The maximum atomic E-state index is 11.5. The van der Waals surface area contributed by atoms with E-state index >= 15 is 0 Å². The fraction of sp³-hybridized carbons (Fsp3) is 0.200. The van der Waals surface area contributed by atoms with Crippen molar-refractivity contribution in [3.8, 4) is 12.3 Å². The van der Waals surface area contributed by atoms with E-state index in [2.05, 4.69) is 16.2 Å². The lowest BCUT2D eigenvalue weighted by molar-refractivity contribution is -0.465. The van der Waals surface area contributed by atoms with Gasteiger partial charge in [0.25, 0.3) is 6.54 Å². The molecule has 0 saturated heterocycles. The SMILES string of the molecule is C#CCNc1ncccc1C(=O)C[N+](=O)[O-]. The average molecular weight is 219 g/mol. The number of anilines is 1. The van der Waals surface area contributed by atoms with Crippen LogP contribution in [0.1, 0.15) is 10.4 Å². The number of terminal acetylenes is 1. The predicted molar refractivity (Wildman–Crippen MR) is 57.8 cm³/mol. The maximum absolute atomic E-state index is 11.5. The Morgan fingerprint density at radius 1 is 1.69 bits per heavy atom. The molecule has 0 radical (unpaired) electrons. The quantitative estimate of drug-likeness (QED) is 0.339. The van der Waals surface area contributed by atoms with Gasteiger partial charge < -0.3 is 5.32 Å². The molecular weight excluding hydrogens is 210 g/mol. The number of aromatic nitrogens is 1. The third-order valence-electron chi connectivity index (χ3n) is 1.74. The number of Topliss-reactive ketones (excluding diaryl/α,β-unsaturated/α-hetero) is 1. The van der Waals surface area contributed by atoms with Crippen molar-refractivity contribution in [2.75, 3.05) is 18.4 Å². The van der Waals surface area contributed by atoms with Crippen LogP contribution in [0.3, 0.4) is 0 Å². The molecule has 82 valence electrons. The molecule has 6 nitrogen and oxygen atoms in total. The monoisotopic (exact) mass is 219 g/mol. The standard InChI is InChI=1S/C10H9N3O3/c1-2-5-11-10-8(4-3-6-12-10)9(14)7-13(15)16/h1,3-4,6H,5,7H2,(H,11,12). The number of nitrogens with zero attached hydrogens (tertiary/aromatic N) is 2. The normalized spacial score (nSPS) is 9.19. The predicted octanol–water partition coefficient (Wildman–Crippen LogP) is 0.586. The summed E-state index contributed by atoms with van der Waals surface area (Å²) in [6.07, 6.45) is 6.52. The van der Waals surface area contributed by atoms with Crippen molar-refractivity contribution in [1.29, 1.82) is 0 Å². The summed E-state index contributed by atoms with van der Waals surface area (Å²) >= 11 is 0. The first kappa shape index (κ1) is 11.7. The van der Waals surface area contributed by atoms with Gasteiger partial charge in [-0.3, -0.25) is 14.9 Å². The third-order valence-corrected chi connectivity index (χ3v) is 1.74. The molecule has 0 aliphatic rings. The molecule has 0 saturated carbocycles. The van der Waals surface area contributed by atoms with Crippen molar-refractivity contribution in [3.05, 3.63) is 34.0 Å². The zero-order valence-electron chi connectivity index (χ0n) is 8.34. The van der Waals surface area contributed by atoms with Crippen LogP contribution in [-0.2, 0) is 0 Å². The lowest BCUT2D eigenvalue weighted by Crippen LogP contribution is -2.16. The Bertz CT molecular complexity index is 451. The number of carbonyl (C=O) groups is 1. The summed E-state index contributed by atoms with van der Waals surface area (Å²) in [4.78, 5) is 24.9. The second-order valence-corrected chi connectivity index (χ2v) is 2.87. The van der Waals surface area contributed by atoms with Gasteiger partial charge in [-0.25, -0.2) is 4.98 Å². The summed E-state index contributed by atoms with van der Waals surface area (Å²) in [6.45, 7) is -0.549. The maximum Gasteiger partial charge on any atom is 0.265 e. The van der Waals surface area contributed by atoms with E-state index in [1.165, 1.54) is 18.3 Å². The highest BCUT2D eigenvalue weighted by Gasteiger charge is 2.16. The average Bonchev–Trinajstić information content (AvgIpc) is 2.25. The molecule has 0 aliphatic carbocycles. The molecule has 6 heteroatoms. The number of carbonyl (C=O) groups excluding carboxylic acids is 1. The third kappa shape index (κ3) is 3.06. The number of nitro groups is 1. The lowest BCUT2D eigenvalue weighted by Gasteiger charge is -2.05. The van der Waals surface area contributed by atoms with Crippen LogP contribution in [0.25, 0.3) is 0 Å². The summed E-state index contributed by atoms with van der Waals surface area (Å²) < 4.78 is 0. The van der Waals surface area contributed by atoms with Crippen LogP contribution in [0.15, 0.2) is 18.3 Å². The van der Waals surface area contributed by atoms with Gasteiger partial charge >= 0.3 is 0 Å². The first-order valence-corrected chi connectivity index (χ1v) is 4.42. The van der Waals surface area contributed by atoms with Gasteiger partial charge in [-0.05, 0) is 12.1 Å². The van der Waals surface area contributed by atoms with E-state index in [-0.39, 0.29) is 17.9 Å². The largest absolute Gasteiger partial charge is 0.359 e. The van der Waals surface area contributed by atoms with Gasteiger partial charge in [0.05, 0.1) is 12.1 Å². The number of rotatable bonds is 5. The fourth-order valence-electron chi connectivity index (χ4n) is 1.11. The number of hydrogen-bond donors (Lipinski definition) is 1. The van der Waals surface area contributed by atoms with Crippen LogP contribution in [-0.4, -0.2) is 28.8 Å². The smallest absolute Gasteiger partial charge is 0.265 e. The second kappa shape index (κ2) is 5.46. The zero-order valence-corrected chi connectivity index (χ0v) is 8.34. The van der Waals surface area contributed by atoms with Crippen molar-refractivity contribution in [2.45, 2.75) is 0 Å². The number of pyridine rings is 1. The van der Waals surface area contributed by atoms with Gasteiger partial charge in [-0.15, -0.1) is 6.42 Å². The Morgan fingerprint density at radius 3 is 3.06 bits per heavy atom. The molecule has 0 aliphatic heterocycles. The first-order valence-electron chi connectivity index (χ1n) is 4.42. The molecule has 1 heterocycles. The Labute approximate surface area is 91.8 Å². The molecule has 0 atom stereocenters. The molecule has 1 N–H and O–H groups in total. The summed E-state index contributed by atoms with van der Waals surface area (Å²) in [5.41, 5.74) is 0.175. The number of hydrogen-bond acceptors (Lipinski definition) is 5. The van der Waals surface area contributed by atoms with Gasteiger partial charge in [-0.2, -0.15) is 0 Å². The zero-order chi connectivity index (χ0) is 12.0. The topological polar surface area (TPSA) is 85.1 Å². The molecule has 0 aromatic carbocycles. The molecule has 0 amide bonds. The van der Waals surface area contributed by atoms with E-state index in [0.29, 0.717) is 0 Å². The Hall–Kier alpha value is -2.42.